The highest BCUT2D eigenvalue weighted by Gasteiger charge is 2.58. The van der Waals surface area contributed by atoms with E-state index in [1.54, 1.807) is 6.07 Å². The molecule has 1 amide bonds. The highest BCUT2D eigenvalue weighted by molar-refractivity contribution is 8.03. The topological polar surface area (TPSA) is 142 Å². The number of β-lactam (4-membered cyclic amide) rings is 1. The molecule has 1 aromatic heterocycles. The van der Waals surface area contributed by atoms with Crippen LogP contribution in [0.15, 0.2) is 54.0 Å². The van der Waals surface area contributed by atoms with Gasteiger partial charge >= 0.3 is 11.9 Å². The first-order chi connectivity index (χ1) is 15.4. The van der Waals surface area contributed by atoms with Gasteiger partial charge in [-0.05, 0) is 23.8 Å². The van der Waals surface area contributed by atoms with E-state index in [0.29, 0.717) is 11.3 Å². The van der Waals surface area contributed by atoms with E-state index in [9.17, 15) is 24.5 Å². The first kappa shape index (κ1) is 21.4. The molecule has 2 aliphatic rings. The van der Waals surface area contributed by atoms with Crippen molar-refractivity contribution in [2.24, 2.45) is 5.92 Å². The van der Waals surface area contributed by atoms with E-state index in [2.05, 4.69) is 9.97 Å². The highest BCUT2D eigenvalue weighted by atomic mass is 32.2. The van der Waals surface area contributed by atoms with Crippen LogP contribution in [-0.2, 0) is 30.5 Å². The summed E-state index contributed by atoms with van der Waals surface area (Å²) < 4.78 is 10.6. The Balaban J connectivity index is 1.42. The molecule has 1 aromatic carbocycles. The van der Waals surface area contributed by atoms with Crippen LogP contribution in [0.25, 0.3) is 0 Å². The molecule has 3 heterocycles. The summed E-state index contributed by atoms with van der Waals surface area (Å²) in [6.45, 7) is 1.14. The molecule has 2 aliphatic heterocycles. The zero-order chi connectivity index (χ0) is 22.8. The summed E-state index contributed by atoms with van der Waals surface area (Å²) in [4.78, 5) is 56.5. The Bertz CT molecular complexity index is 1110. The third-order valence-corrected chi connectivity index (χ3v) is 6.05. The van der Waals surface area contributed by atoms with E-state index in [4.69, 9.17) is 9.47 Å². The summed E-state index contributed by atoms with van der Waals surface area (Å²) >= 11 is 1.25. The van der Waals surface area contributed by atoms with Gasteiger partial charge in [-0.25, -0.2) is 14.8 Å². The fourth-order valence-electron chi connectivity index (χ4n) is 3.41. The normalized spacial score (nSPS) is 20.0. The lowest BCUT2D eigenvalue weighted by atomic mass is 9.89. The number of hydrogen-bond donors (Lipinski definition) is 0. The number of rotatable bonds is 7. The number of aromatic nitrogens is 2. The number of non-ortho nitro benzene ring substituents is 1. The lowest BCUT2D eigenvalue weighted by Crippen LogP contribution is -2.59. The van der Waals surface area contributed by atoms with E-state index in [1.165, 1.54) is 65.8 Å². The minimum Gasteiger partial charge on any atom is -0.456 e. The predicted molar refractivity (Wildman–Crippen MR) is 109 cm³/mol. The smallest absolute Gasteiger partial charge is 0.355 e. The standard InChI is InChI=1S/C20H16N4O7S/c1-11(25)31-17(14-6-7-21-10-22-14)16-18(26)23-15(9-32-19(16)23)20(27)30-8-12-2-4-13(5-3-12)24(28)29/h2-7,9-10,16-17,19H,8H2,1H3. The molecule has 11 nitrogen and oxygen atoms in total. The molecular weight excluding hydrogens is 440 g/mol. The van der Waals surface area contributed by atoms with Crippen LogP contribution < -0.4 is 0 Å². The molecule has 1 saturated heterocycles. The summed E-state index contributed by atoms with van der Waals surface area (Å²) in [5, 5.41) is 11.8. The summed E-state index contributed by atoms with van der Waals surface area (Å²) in [5.74, 6) is -2.35. The van der Waals surface area contributed by atoms with Gasteiger partial charge in [-0.2, -0.15) is 0 Å². The van der Waals surface area contributed by atoms with E-state index in [-0.39, 0.29) is 23.9 Å². The number of amides is 1. The molecule has 0 N–H and O–H groups in total. The van der Waals surface area contributed by atoms with Crippen LogP contribution in [0.2, 0.25) is 0 Å². The van der Waals surface area contributed by atoms with Gasteiger partial charge in [0.05, 0.1) is 10.6 Å². The number of esters is 2. The third-order valence-electron chi connectivity index (χ3n) is 4.90. The Labute approximate surface area is 185 Å². The van der Waals surface area contributed by atoms with Crippen molar-refractivity contribution >= 4 is 35.3 Å². The molecule has 0 bridgehead atoms. The molecule has 3 unspecified atom stereocenters. The van der Waals surface area contributed by atoms with E-state index in [0.717, 1.165) is 0 Å². The van der Waals surface area contributed by atoms with Crippen LogP contribution >= 0.6 is 11.8 Å². The maximum absolute atomic E-state index is 12.9. The molecule has 164 valence electrons. The number of nitro groups is 1. The first-order valence-corrected chi connectivity index (χ1v) is 10.3. The number of carbonyl (C=O) groups excluding carboxylic acids is 3. The Kier molecular flexibility index (Phi) is 5.86. The van der Waals surface area contributed by atoms with Crippen molar-refractivity contribution in [2.45, 2.75) is 25.0 Å². The van der Waals surface area contributed by atoms with E-state index < -0.39 is 34.3 Å². The van der Waals surface area contributed by atoms with Gasteiger partial charge in [0, 0.05) is 30.7 Å². The third kappa shape index (κ3) is 4.04. The average Bonchev–Trinajstić information content (AvgIpc) is 3.17. The lowest BCUT2D eigenvalue weighted by molar-refractivity contribution is -0.384. The Morgan fingerprint density at radius 1 is 1.28 bits per heavy atom. The zero-order valence-electron chi connectivity index (χ0n) is 16.6. The van der Waals surface area contributed by atoms with Crippen molar-refractivity contribution in [3.8, 4) is 0 Å². The highest BCUT2D eigenvalue weighted by Crippen LogP contribution is 2.50. The molecular formula is C20H16N4O7S. The van der Waals surface area contributed by atoms with Gasteiger partial charge in [-0.15, -0.1) is 11.8 Å². The summed E-state index contributed by atoms with van der Waals surface area (Å²) in [6.07, 6.45) is 1.88. The van der Waals surface area contributed by atoms with Crippen LogP contribution in [0.5, 0.6) is 0 Å². The van der Waals surface area contributed by atoms with E-state index >= 15 is 0 Å². The monoisotopic (exact) mass is 456 g/mol. The van der Waals surface area contributed by atoms with Crippen LogP contribution in [0.4, 0.5) is 5.69 Å². The maximum atomic E-state index is 12.9. The summed E-state index contributed by atoms with van der Waals surface area (Å²) in [7, 11) is 0. The number of hydrogen-bond acceptors (Lipinski definition) is 10. The number of fused-ring (bicyclic) bond motifs is 1. The van der Waals surface area contributed by atoms with Gasteiger partial charge in [0.2, 0.25) is 5.91 Å². The second-order valence-corrected chi connectivity index (χ2v) is 7.92. The van der Waals surface area contributed by atoms with Gasteiger partial charge < -0.3 is 9.47 Å². The molecule has 1 fully saturated rings. The number of nitro benzene ring substituents is 1. The van der Waals surface area contributed by atoms with Gasteiger partial charge in [0.25, 0.3) is 5.69 Å². The minimum atomic E-state index is -0.902. The fourth-order valence-corrected chi connectivity index (χ4v) is 4.65. The molecule has 32 heavy (non-hydrogen) atoms. The summed E-state index contributed by atoms with van der Waals surface area (Å²) in [6, 6.07) is 7.17. The molecule has 12 heteroatoms. The molecule has 0 radical (unpaired) electrons. The summed E-state index contributed by atoms with van der Waals surface area (Å²) in [5.41, 5.74) is 0.981. The number of thioether (sulfide) groups is 1. The second kappa shape index (κ2) is 8.75. The predicted octanol–water partition coefficient (Wildman–Crippen LogP) is 2.11. The fraction of sp³-hybridized carbons (Fsp3) is 0.250. The van der Waals surface area contributed by atoms with Gasteiger partial charge in [-0.3, -0.25) is 24.6 Å². The number of ether oxygens (including phenoxy) is 2. The lowest BCUT2D eigenvalue weighted by Gasteiger charge is -2.45. The minimum absolute atomic E-state index is 0.0685. The van der Waals surface area contributed by atoms with Crippen molar-refractivity contribution < 1.29 is 28.8 Å². The van der Waals surface area contributed by atoms with Gasteiger partial charge in [0.1, 0.15) is 29.9 Å². The Morgan fingerprint density at radius 2 is 2.03 bits per heavy atom. The van der Waals surface area contributed by atoms with Crippen LogP contribution in [0, 0.1) is 16.0 Å². The molecule has 3 atom stereocenters. The van der Waals surface area contributed by atoms with Crippen LogP contribution in [-0.4, -0.2) is 43.0 Å². The Morgan fingerprint density at radius 3 is 2.66 bits per heavy atom. The number of nitrogens with zero attached hydrogens (tertiary/aromatic N) is 4. The van der Waals surface area contributed by atoms with Crippen molar-refractivity contribution in [1.82, 2.24) is 14.9 Å². The van der Waals surface area contributed by atoms with Gasteiger partial charge in [0.15, 0.2) is 6.10 Å². The quantitative estimate of drug-likeness (QED) is 0.263. The molecule has 0 saturated carbocycles. The van der Waals surface area contributed by atoms with Crippen LogP contribution in [0.3, 0.4) is 0 Å². The second-order valence-electron chi connectivity index (χ2n) is 6.93. The SMILES string of the molecule is CC(=O)OC(c1ccncn1)C1C(=O)N2C(C(=O)OCc3ccc([N+](=O)[O-])cc3)=CSC12. The van der Waals surface area contributed by atoms with Crippen molar-refractivity contribution in [3.63, 3.8) is 0 Å². The molecule has 2 aromatic rings. The average molecular weight is 456 g/mol. The van der Waals surface area contributed by atoms with Crippen LogP contribution in [0.1, 0.15) is 24.3 Å². The molecule has 0 aliphatic carbocycles. The first-order valence-electron chi connectivity index (χ1n) is 9.39. The van der Waals surface area contributed by atoms with E-state index in [1.807, 2.05) is 0 Å². The number of carbonyl (C=O) groups is 3. The molecule has 0 spiro atoms. The van der Waals surface area contributed by atoms with Crippen molar-refractivity contribution in [2.75, 3.05) is 0 Å². The van der Waals surface area contributed by atoms with Gasteiger partial charge in [-0.1, -0.05) is 0 Å². The number of benzene rings is 1. The molecule has 4 rings (SSSR count). The largest absolute Gasteiger partial charge is 0.456 e. The zero-order valence-corrected chi connectivity index (χ0v) is 17.4. The maximum Gasteiger partial charge on any atom is 0.355 e. The van der Waals surface area contributed by atoms with Crippen molar-refractivity contribution in [3.05, 3.63) is 75.3 Å². The van der Waals surface area contributed by atoms with Crippen molar-refractivity contribution in [1.29, 1.82) is 0 Å². The Hall–Kier alpha value is -3.80.